The van der Waals surface area contributed by atoms with Gasteiger partial charge in [-0.3, -0.25) is 0 Å². The van der Waals surface area contributed by atoms with Crippen molar-refractivity contribution in [1.82, 2.24) is 0 Å². The molecule has 2 rings (SSSR count). The SMILES string of the molecule is CC(C)(C)C.CC(C)(C)C.CP(=O)(c1ccccc1)c1ccccc1. The molecule has 0 radical (unpaired) electrons. The van der Waals surface area contributed by atoms with Gasteiger partial charge in [0.25, 0.3) is 0 Å². The molecule has 0 saturated carbocycles. The van der Waals surface area contributed by atoms with Gasteiger partial charge in [0.2, 0.25) is 0 Å². The third-order valence-corrected chi connectivity index (χ3v) is 5.06. The highest BCUT2D eigenvalue weighted by atomic mass is 31.2. The van der Waals surface area contributed by atoms with Crippen LogP contribution in [-0.4, -0.2) is 6.66 Å². The second-order valence-corrected chi connectivity index (χ2v) is 12.5. The Morgan fingerprint density at radius 2 is 0.760 bits per heavy atom. The summed E-state index contributed by atoms with van der Waals surface area (Å²) in [7, 11) is -2.40. The van der Waals surface area contributed by atoms with E-state index in [1.807, 2.05) is 67.3 Å². The monoisotopic (exact) mass is 360 g/mol. The van der Waals surface area contributed by atoms with Gasteiger partial charge in [0, 0.05) is 10.6 Å². The molecule has 0 spiro atoms. The fourth-order valence-electron chi connectivity index (χ4n) is 1.57. The Morgan fingerprint density at radius 1 is 0.560 bits per heavy atom. The average Bonchev–Trinajstić information content (AvgIpc) is 2.46. The number of hydrogen-bond acceptors (Lipinski definition) is 1. The van der Waals surface area contributed by atoms with Gasteiger partial charge < -0.3 is 4.57 Å². The number of hydrogen-bond donors (Lipinski definition) is 0. The smallest absolute Gasteiger partial charge is 0.140 e. The Hall–Kier alpha value is -1.33. The molecule has 0 saturated heterocycles. The minimum Gasteiger partial charge on any atom is -0.314 e. The number of benzene rings is 2. The first-order chi connectivity index (χ1) is 11.2. The standard InChI is InChI=1S/C13H13OP.2C5H12/c1-15(14,12-8-4-2-5-9-12)13-10-6-3-7-11-13;2*1-5(2,3)4/h2-11H,1H3;2*1-4H3. The third-order valence-electron chi connectivity index (χ3n) is 2.50. The first kappa shape index (κ1) is 23.7. The highest BCUT2D eigenvalue weighted by Crippen LogP contribution is 2.38. The van der Waals surface area contributed by atoms with Crippen molar-refractivity contribution in [3.63, 3.8) is 0 Å². The van der Waals surface area contributed by atoms with Crippen molar-refractivity contribution in [3.8, 4) is 0 Å². The molecule has 0 bridgehead atoms. The van der Waals surface area contributed by atoms with Crippen molar-refractivity contribution < 1.29 is 4.57 Å². The lowest BCUT2D eigenvalue weighted by atomic mass is 10.0. The molecule has 2 aromatic carbocycles. The molecule has 1 nitrogen and oxygen atoms in total. The first-order valence-corrected chi connectivity index (χ1v) is 11.1. The van der Waals surface area contributed by atoms with Gasteiger partial charge in [0.1, 0.15) is 7.14 Å². The maximum atomic E-state index is 12.6. The molecule has 0 atom stereocenters. The van der Waals surface area contributed by atoms with E-state index in [0.717, 1.165) is 10.6 Å². The molecule has 140 valence electrons. The van der Waals surface area contributed by atoms with Crippen molar-refractivity contribution in [2.24, 2.45) is 10.8 Å². The van der Waals surface area contributed by atoms with Gasteiger partial charge in [-0.25, -0.2) is 0 Å². The Kier molecular flexibility index (Phi) is 9.44. The zero-order chi connectivity index (χ0) is 19.7. The summed E-state index contributed by atoms with van der Waals surface area (Å²) in [6.45, 7) is 19.3. The van der Waals surface area contributed by atoms with Gasteiger partial charge in [0.05, 0.1) is 0 Å². The molecule has 0 amide bonds. The Bertz CT molecular complexity index is 564. The summed E-state index contributed by atoms with van der Waals surface area (Å²) in [5, 5.41) is 1.83. The molecule has 0 heterocycles. The Balaban J connectivity index is 0.000000480. The van der Waals surface area contributed by atoms with E-state index in [1.165, 1.54) is 0 Å². The molecule has 25 heavy (non-hydrogen) atoms. The highest BCUT2D eigenvalue weighted by molar-refractivity contribution is 7.78. The zero-order valence-electron chi connectivity index (χ0n) is 17.6. The van der Waals surface area contributed by atoms with E-state index in [2.05, 4.69) is 55.4 Å². The molecule has 0 unspecified atom stereocenters. The fourth-order valence-corrected chi connectivity index (χ4v) is 3.35. The lowest BCUT2D eigenvalue weighted by molar-refractivity contribution is 0.469. The summed E-state index contributed by atoms with van der Waals surface area (Å²) in [6.07, 6.45) is 0. The lowest BCUT2D eigenvalue weighted by Gasteiger charge is -2.13. The van der Waals surface area contributed by atoms with Crippen LogP contribution in [0, 0.1) is 10.8 Å². The van der Waals surface area contributed by atoms with Crippen molar-refractivity contribution in [2.75, 3.05) is 6.66 Å². The van der Waals surface area contributed by atoms with E-state index in [-0.39, 0.29) is 0 Å². The first-order valence-electron chi connectivity index (χ1n) is 8.90. The van der Waals surface area contributed by atoms with Crippen LogP contribution in [0.25, 0.3) is 0 Å². The summed E-state index contributed by atoms with van der Waals surface area (Å²) in [5.74, 6) is 0. The maximum absolute atomic E-state index is 12.6. The van der Waals surface area contributed by atoms with Crippen molar-refractivity contribution in [2.45, 2.75) is 55.4 Å². The molecular formula is C23H37OP. The van der Waals surface area contributed by atoms with Crippen LogP contribution in [0.3, 0.4) is 0 Å². The van der Waals surface area contributed by atoms with Crippen LogP contribution in [0.4, 0.5) is 0 Å². The van der Waals surface area contributed by atoms with Gasteiger partial charge in [-0.15, -0.1) is 0 Å². The van der Waals surface area contributed by atoms with Gasteiger partial charge in [-0.2, -0.15) is 0 Å². The molecule has 0 aliphatic carbocycles. The third kappa shape index (κ3) is 13.6. The van der Waals surface area contributed by atoms with Gasteiger partial charge in [-0.1, -0.05) is 116 Å². The Labute approximate surface area is 156 Å². The van der Waals surface area contributed by atoms with Crippen LogP contribution in [0.5, 0.6) is 0 Å². The predicted octanol–water partition coefficient (Wildman–Crippen LogP) is 6.74. The molecule has 2 aromatic rings. The minimum atomic E-state index is -2.40. The summed E-state index contributed by atoms with van der Waals surface area (Å²) >= 11 is 0. The van der Waals surface area contributed by atoms with Crippen molar-refractivity contribution >= 4 is 17.8 Å². The fraction of sp³-hybridized carbons (Fsp3) is 0.478. The summed E-state index contributed by atoms with van der Waals surface area (Å²) in [4.78, 5) is 0. The Morgan fingerprint density at radius 3 is 0.960 bits per heavy atom. The van der Waals surface area contributed by atoms with Crippen molar-refractivity contribution in [1.29, 1.82) is 0 Å². The van der Waals surface area contributed by atoms with Crippen LogP contribution in [0.15, 0.2) is 60.7 Å². The van der Waals surface area contributed by atoms with E-state index in [9.17, 15) is 4.57 Å². The van der Waals surface area contributed by atoms with Crippen LogP contribution in [0.1, 0.15) is 55.4 Å². The topological polar surface area (TPSA) is 17.1 Å². The van der Waals surface area contributed by atoms with Gasteiger partial charge in [-0.05, 0) is 17.5 Å². The molecule has 0 aliphatic heterocycles. The van der Waals surface area contributed by atoms with E-state index < -0.39 is 7.14 Å². The minimum absolute atomic E-state index is 0.500. The molecular weight excluding hydrogens is 323 g/mol. The second-order valence-electron chi connectivity index (χ2n) is 9.60. The average molecular weight is 361 g/mol. The molecule has 0 aromatic heterocycles. The van der Waals surface area contributed by atoms with E-state index in [4.69, 9.17) is 0 Å². The molecule has 0 fully saturated rings. The maximum Gasteiger partial charge on any atom is 0.140 e. The predicted molar refractivity (Wildman–Crippen MR) is 116 cm³/mol. The number of rotatable bonds is 2. The summed E-state index contributed by atoms with van der Waals surface area (Å²) < 4.78 is 12.6. The van der Waals surface area contributed by atoms with E-state index >= 15 is 0 Å². The zero-order valence-corrected chi connectivity index (χ0v) is 18.5. The van der Waals surface area contributed by atoms with E-state index in [1.54, 1.807) is 0 Å². The second kappa shape index (κ2) is 9.97. The molecule has 2 heteroatoms. The van der Waals surface area contributed by atoms with Gasteiger partial charge >= 0.3 is 0 Å². The van der Waals surface area contributed by atoms with Crippen molar-refractivity contribution in [3.05, 3.63) is 60.7 Å². The van der Waals surface area contributed by atoms with Crippen LogP contribution in [-0.2, 0) is 4.57 Å². The van der Waals surface area contributed by atoms with Crippen LogP contribution < -0.4 is 10.6 Å². The highest BCUT2D eigenvalue weighted by Gasteiger charge is 2.19. The quantitative estimate of drug-likeness (QED) is 0.542. The molecule has 0 N–H and O–H groups in total. The lowest BCUT2D eigenvalue weighted by Crippen LogP contribution is -2.14. The van der Waals surface area contributed by atoms with Crippen LogP contribution in [0.2, 0.25) is 0 Å². The van der Waals surface area contributed by atoms with Gasteiger partial charge in [0.15, 0.2) is 0 Å². The normalized spacial score (nSPS) is 11.6. The largest absolute Gasteiger partial charge is 0.314 e. The van der Waals surface area contributed by atoms with E-state index in [0.29, 0.717) is 10.8 Å². The summed E-state index contributed by atoms with van der Waals surface area (Å²) in [6, 6.07) is 19.3. The summed E-state index contributed by atoms with van der Waals surface area (Å²) in [5.41, 5.74) is 1.00. The molecule has 0 aliphatic rings. The van der Waals surface area contributed by atoms with Crippen LogP contribution >= 0.6 is 7.14 Å².